The first-order chi connectivity index (χ1) is 6.66. The Hall–Kier alpha value is 0.434. The molecular weight excluding hydrogens is 224 g/mol. The molecule has 0 aromatic carbocycles. The molecule has 0 atom stereocenters. The molecule has 0 saturated heterocycles. The second-order valence-electron chi connectivity index (χ2n) is 9.21. The van der Waals surface area contributed by atoms with E-state index < -0.39 is 16.1 Å². The van der Waals surface area contributed by atoms with E-state index in [2.05, 4.69) is 67.0 Å². The molecule has 0 aliphatic carbocycles. The molecular formula is C14H34Si2. The maximum Gasteiger partial charge on any atom is 0.0499 e. The highest BCUT2D eigenvalue weighted by atomic mass is 28.3. The van der Waals surface area contributed by atoms with E-state index in [9.17, 15) is 0 Å². The SMILES string of the molecule is CC(C)(CC(C)(C)[Si](C)(C)C)C[Si](C)(C)C. The third kappa shape index (κ3) is 5.67. The quantitative estimate of drug-likeness (QED) is 0.542. The van der Waals surface area contributed by atoms with Gasteiger partial charge in [-0.05, 0) is 16.9 Å². The summed E-state index contributed by atoms with van der Waals surface area (Å²) in [5, 5.41) is 0.552. The van der Waals surface area contributed by atoms with E-state index in [0.717, 1.165) is 0 Å². The third-order valence-corrected chi connectivity index (χ3v) is 10.2. The van der Waals surface area contributed by atoms with Crippen LogP contribution in [0.3, 0.4) is 0 Å². The van der Waals surface area contributed by atoms with Crippen molar-refractivity contribution >= 4 is 16.1 Å². The van der Waals surface area contributed by atoms with Crippen LogP contribution in [0.4, 0.5) is 0 Å². The first kappa shape index (κ1) is 16.4. The minimum atomic E-state index is -1.05. The maximum atomic E-state index is 2.51. The van der Waals surface area contributed by atoms with Crippen molar-refractivity contribution in [3.8, 4) is 0 Å². The van der Waals surface area contributed by atoms with Gasteiger partial charge in [-0.15, -0.1) is 0 Å². The lowest BCUT2D eigenvalue weighted by molar-refractivity contribution is 0.319. The van der Waals surface area contributed by atoms with Crippen LogP contribution in [0, 0.1) is 5.41 Å². The molecule has 0 heterocycles. The lowest BCUT2D eigenvalue weighted by Gasteiger charge is -2.44. The zero-order chi connectivity index (χ0) is 13.4. The van der Waals surface area contributed by atoms with Gasteiger partial charge >= 0.3 is 0 Å². The van der Waals surface area contributed by atoms with E-state index in [-0.39, 0.29) is 0 Å². The summed E-state index contributed by atoms with van der Waals surface area (Å²) in [7, 11) is -1.99. The summed E-state index contributed by atoms with van der Waals surface area (Å²) in [4.78, 5) is 0. The van der Waals surface area contributed by atoms with Gasteiger partial charge in [0.1, 0.15) is 0 Å². The van der Waals surface area contributed by atoms with Gasteiger partial charge < -0.3 is 0 Å². The van der Waals surface area contributed by atoms with Gasteiger partial charge in [0, 0.05) is 16.1 Å². The Labute approximate surface area is 106 Å². The first-order valence-electron chi connectivity index (χ1n) is 6.66. The van der Waals surface area contributed by atoms with Crippen LogP contribution in [0.1, 0.15) is 34.1 Å². The predicted octanol–water partition coefficient (Wildman–Crippen LogP) is 5.86. The molecule has 0 bridgehead atoms. The molecule has 0 fully saturated rings. The fourth-order valence-corrected chi connectivity index (χ4v) is 6.96. The Kier molecular flexibility index (Phi) is 4.73. The highest BCUT2D eigenvalue weighted by Crippen LogP contribution is 2.49. The van der Waals surface area contributed by atoms with E-state index in [1.165, 1.54) is 12.5 Å². The van der Waals surface area contributed by atoms with Gasteiger partial charge in [0.2, 0.25) is 0 Å². The molecule has 0 nitrogen and oxygen atoms in total. The highest BCUT2D eigenvalue weighted by molar-refractivity contribution is 6.79. The Balaban J connectivity index is 4.72. The van der Waals surface area contributed by atoms with Gasteiger partial charge in [-0.25, -0.2) is 0 Å². The first-order valence-corrected chi connectivity index (χ1v) is 13.9. The van der Waals surface area contributed by atoms with Crippen LogP contribution < -0.4 is 0 Å². The standard InChI is InChI=1S/C14H34Si2/c1-13(2,12-15(5,6)7)11-14(3,4)16(8,9)10/h11-12H2,1-10H3. The smallest absolute Gasteiger partial charge is 0.0499 e. The van der Waals surface area contributed by atoms with E-state index >= 15 is 0 Å². The predicted molar refractivity (Wildman–Crippen MR) is 83.9 cm³/mol. The summed E-state index contributed by atoms with van der Waals surface area (Å²) >= 11 is 0. The average molecular weight is 259 g/mol. The van der Waals surface area contributed by atoms with Gasteiger partial charge in [-0.3, -0.25) is 0 Å². The largest absolute Gasteiger partial charge is 0.0695 e. The monoisotopic (exact) mass is 258 g/mol. The van der Waals surface area contributed by atoms with E-state index in [1.54, 1.807) is 0 Å². The van der Waals surface area contributed by atoms with Crippen LogP contribution >= 0.6 is 0 Å². The molecule has 16 heavy (non-hydrogen) atoms. The van der Waals surface area contributed by atoms with Crippen LogP contribution in [0.25, 0.3) is 0 Å². The van der Waals surface area contributed by atoms with Gasteiger partial charge in [-0.2, -0.15) is 0 Å². The number of rotatable bonds is 5. The van der Waals surface area contributed by atoms with Crippen molar-refractivity contribution in [2.75, 3.05) is 0 Å². The molecule has 0 aromatic heterocycles. The minimum absolute atomic E-state index is 0.522. The summed E-state index contributed by atoms with van der Waals surface area (Å²) in [5.74, 6) is 0. The molecule has 0 N–H and O–H groups in total. The highest BCUT2D eigenvalue weighted by Gasteiger charge is 2.40. The summed E-state index contributed by atoms with van der Waals surface area (Å²) < 4.78 is 0. The van der Waals surface area contributed by atoms with Crippen molar-refractivity contribution in [1.29, 1.82) is 0 Å². The van der Waals surface area contributed by atoms with E-state index in [1.807, 2.05) is 0 Å². The van der Waals surface area contributed by atoms with Gasteiger partial charge in [0.25, 0.3) is 0 Å². The average Bonchev–Trinajstić information content (AvgIpc) is 1.72. The van der Waals surface area contributed by atoms with Gasteiger partial charge in [0.05, 0.1) is 0 Å². The Morgan fingerprint density at radius 2 is 1.12 bits per heavy atom. The van der Waals surface area contributed by atoms with E-state index in [4.69, 9.17) is 0 Å². The summed E-state index contributed by atoms with van der Waals surface area (Å²) in [6.45, 7) is 25.0. The van der Waals surface area contributed by atoms with Crippen molar-refractivity contribution in [3.63, 3.8) is 0 Å². The Morgan fingerprint density at radius 3 is 1.38 bits per heavy atom. The van der Waals surface area contributed by atoms with Crippen LogP contribution in [-0.4, -0.2) is 16.1 Å². The number of hydrogen-bond donors (Lipinski definition) is 0. The second-order valence-corrected chi connectivity index (χ2v) is 20.5. The fourth-order valence-electron chi connectivity index (χ4n) is 2.96. The summed E-state index contributed by atoms with van der Waals surface area (Å²) in [6.07, 6.45) is 1.39. The van der Waals surface area contributed by atoms with Gasteiger partial charge in [-0.1, -0.05) is 73.0 Å². The Morgan fingerprint density at radius 1 is 0.750 bits per heavy atom. The molecule has 0 amide bonds. The van der Waals surface area contributed by atoms with Crippen molar-refractivity contribution in [2.45, 2.75) is 84.5 Å². The molecule has 0 aliphatic heterocycles. The molecule has 0 saturated carbocycles. The molecule has 0 aliphatic rings. The molecule has 2 heteroatoms. The third-order valence-electron chi connectivity index (χ3n) is 3.96. The van der Waals surface area contributed by atoms with Gasteiger partial charge in [0.15, 0.2) is 0 Å². The van der Waals surface area contributed by atoms with Crippen LogP contribution in [0.2, 0.25) is 50.4 Å². The molecule has 0 radical (unpaired) electrons. The summed E-state index contributed by atoms with van der Waals surface area (Å²) in [5.41, 5.74) is 0.522. The van der Waals surface area contributed by atoms with Crippen molar-refractivity contribution in [1.82, 2.24) is 0 Å². The zero-order valence-electron chi connectivity index (χ0n) is 13.4. The molecule has 0 aromatic rings. The molecule has 0 spiro atoms. The molecule has 98 valence electrons. The Bertz CT molecular complexity index is 226. The molecule has 0 unspecified atom stereocenters. The van der Waals surface area contributed by atoms with Crippen LogP contribution in [-0.2, 0) is 0 Å². The lowest BCUT2D eigenvalue weighted by Crippen LogP contribution is -2.40. The maximum absolute atomic E-state index is 2.51. The fraction of sp³-hybridized carbons (Fsp3) is 1.00. The second kappa shape index (κ2) is 4.60. The van der Waals surface area contributed by atoms with Crippen molar-refractivity contribution < 1.29 is 0 Å². The van der Waals surface area contributed by atoms with E-state index in [0.29, 0.717) is 10.5 Å². The van der Waals surface area contributed by atoms with Crippen LogP contribution in [0.15, 0.2) is 0 Å². The minimum Gasteiger partial charge on any atom is -0.0695 e. The zero-order valence-corrected chi connectivity index (χ0v) is 15.4. The topological polar surface area (TPSA) is 0 Å². The van der Waals surface area contributed by atoms with Crippen molar-refractivity contribution in [3.05, 3.63) is 0 Å². The normalized spacial score (nSPS) is 15.4. The lowest BCUT2D eigenvalue weighted by atomic mass is 9.85. The van der Waals surface area contributed by atoms with Crippen molar-refractivity contribution in [2.24, 2.45) is 5.41 Å². The number of hydrogen-bond acceptors (Lipinski definition) is 0. The van der Waals surface area contributed by atoms with Crippen LogP contribution in [0.5, 0.6) is 0 Å². The molecule has 0 rings (SSSR count). The summed E-state index contributed by atoms with van der Waals surface area (Å²) in [6, 6.07) is 1.45.